The molecule has 0 radical (unpaired) electrons. The minimum atomic E-state index is 0. The number of unbranched alkanes of at least 4 members (excludes halogenated alkanes) is 1. The summed E-state index contributed by atoms with van der Waals surface area (Å²) in [7, 11) is 1.62. The van der Waals surface area contributed by atoms with Crippen molar-refractivity contribution in [3.8, 4) is 17.2 Å². The summed E-state index contributed by atoms with van der Waals surface area (Å²) in [6.45, 7) is 2.41. The molecular formula is C13H20ClNO3. The quantitative estimate of drug-likeness (QED) is 0.896. The van der Waals surface area contributed by atoms with E-state index in [1.54, 1.807) is 7.11 Å². The summed E-state index contributed by atoms with van der Waals surface area (Å²) >= 11 is 0. The molecule has 1 aromatic rings. The molecule has 1 aromatic carbocycles. The highest BCUT2D eigenvalue weighted by molar-refractivity contribution is 5.85. The number of fused-ring (bicyclic) bond motifs is 1. The molecule has 0 spiro atoms. The van der Waals surface area contributed by atoms with Crippen molar-refractivity contribution < 1.29 is 14.2 Å². The Kier molecular flexibility index (Phi) is 5.56. The summed E-state index contributed by atoms with van der Waals surface area (Å²) in [5.41, 5.74) is 7.19. The molecule has 0 aliphatic carbocycles. The van der Waals surface area contributed by atoms with Crippen molar-refractivity contribution in [3.63, 3.8) is 0 Å². The van der Waals surface area contributed by atoms with Gasteiger partial charge in [-0.2, -0.15) is 0 Å². The molecular weight excluding hydrogens is 254 g/mol. The molecule has 4 nitrogen and oxygen atoms in total. The Hall–Kier alpha value is -1.13. The second kappa shape index (κ2) is 6.71. The topological polar surface area (TPSA) is 53.7 Å². The van der Waals surface area contributed by atoms with Gasteiger partial charge in [-0.3, -0.25) is 0 Å². The maximum absolute atomic E-state index is 6.15. The lowest BCUT2D eigenvalue weighted by molar-refractivity contribution is 0.171. The molecule has 0 aromatic heterocycles. The van der Waals surface area contributed by atoms with Crippen molar-refractivity contribution in [2.45, 2.75) is 32.2 Å². The standard InChI is InChI=1S/C13H19NO3.ClH/c1-3-4-5-10(14)9-6-11(15-2)13-12(7-9)16-8-17-13;/h6-7,10H,3-5,8,14H2,1-2H3;1H/t10-;/m0./s1. The van der Waals surface area contributed by atoms with Gasteiger partial charge in [0.1, 0.15) is 0 Å². The molecule has 0 unspecified atom stereocenters. The number of methoxy groups -OCH3 is 1. The van der Waals surface area contributed by atoms with E-state index in [4.69, 9.17) is 19.9 Å². The first-order chi connectivity index (χ1) is 8.26. The first-order valence-corrected chi connectivity index (χ1v) is 5.99. The lowest BCUT2D eigenvalue weighted by Crippen LogP contribution is -2.10. The highest BCUT2D eigenvalue weighted by atomic mass is 35.5. The van der Waals surface area contributed by atoms with Crippen LogP contribution in [0.15, 0.2) is 12.1 Å². The Morgan fingerprint density at radius 3 is 2.83 bits per heavy atom. The minimum absolute atomic E-state index is 0. The summed E-state index contributed by atoms with van der Waals surface area (Å²) in [5, 5.41) is 0. The lowest BCUT2D eigenvalue weighted by atomic mass is 10.0. The van der Waals surface area contributed by atoms with E-state index in [1.807, 2.05) is 12.1 Å². The van der Waals surface area contributed by atoms with E-state index in [0.717, 1.165) is 30.6 Å². The van der Waals surface area contributed by atoms with E-state index in [0.29, 0.717) is 11.5 Å². The Labute approximate surface area is 114 Å². The lowest BCUT2D eigenvalue weighted by Gasteiger charge is -2.14. The monoisotopic (exact) mass is 273 g/mol. The zero-order chi connectivity index (χ0) is 12.3. The van der Waals surface area contributed by atoms with Crippen LogP contribution in [-0.4, -0.2) is 13.9 Å². The van der Waals surface area contributed by atoms with Crippen LogP contribution < -0.4 is 19.9 Å². The Morgan fingerprint density at radius 2 is 2.17 bits per heavy atom. The fourth-order valence-electron chi connectivity index (χ4n) is 1.95. The molecule has 1 aliphatic heterocycles. The molecule has 0 bridgehead atoms. The molecule has 0 fully saturated rings. The molecule has 1 heterocycles. The Bertz CT molecular complexity index is 398. The predicted octanol–water partition coefficient (Wildman–Crippen LogP) is 3.04. The number of rotatable bonds is 5. The summed E-state index contributed by atoms with van der Waals surface area (Å²) in [5.74, 6) is 2.10. The van der Waals surface area contributed by atoms with Crippen molar-refractivity contribution in [3.05, 3.63) is 17.7 Å². The van der Waals surface area contributed by atoms with Crippen LogP contribution in [0, 0.1) is 0 Å². The molecule has 1 atom stereocenters. The average molecular weight is 274 g/mol. The van der Waals surface area contributed by atoms with Gasteiger partial charge >= 0.3 is 0 Å². The van der Waals surface area contributed by atoms with Crippen LogP contribution in [0.4, 0.5) is 0 Å². The normalized spacial score (nSPS) is 13.9. The van der Waals surface area contributed by atoms with Gasteiger partial charge in [-0.25, -0.2) is 0 Å². The van der Waals surface area contributed by atoms with E-state index >= 15 is 0 Å². The summed E-state index contributed by atoms with van der Waals surface area (Å²) in [6, 6.07) is 3.91. The number of hydrogen-bond donors (Lipinski definition) is 1. The van der Waals surface area contributed by atoms with Crippen LogP contribution >= 0.6 is 12.4 Å². The second-order valence-corrected chi connectivity index (χ2v) is 4.21. The first kappa shape index (κ1) is 14.9. The van der Waals surface area contributed by atoms with Gasteiger partial charge in [0.05, 0.1) is 7.11 Å². The SMILES string of the molecule is CCCC[C@H](N)c1cc(OC)c2c(c1)OCO2.Cl. The van der Waals surface area contributed by atoms with Gasteiger partial charge in [-0.15, -0.1) is 12.4 Å². The van der Waals surface area contributed by atoms with Gasteiger partial charge in [0.15, 0.2) is 11.5 Å². The zero-order valence-corrected chi connectivity index (χ0v) is 11.6. The molecule has 0 saturated heterocycles. The molecule has 5 heteroatoms. The third-order valence-electron chi connectivity index (χ3n) is 2.98. The second-order valence-electron chi connectivity index (χ2n) is 4.21. The third-order valence-corrected chi connectivity index (χ3v) is 2.98. The number of ether oxygens (including phenoxy) is 3. The molecule has 18 heavy (non-hydrogen) atoms. The first-order valence-electron chi connectivity index (χ1n) is 5.99. The predicted molar refractivity (Wildman–Crippen MR) is 72.8 cm³/mol. The van der Waals surface area contributed by atoms with Gasteiger partial charge < -0.3 is 19.9 Å². The van der Waals surface area contributed by atoms with Gasteiger partial charge in [-0.1, -0.05) is 19.8 Å². The number of halogens is 1. The summed E-state index contributed by atoms with van der Waals surface area (Å²) in [6.07, 6.45) is 3.24. The summed E-state index contributed by atoms with van der Waals surface area (Å²) in [4.78, 5) is 0. The molecule has 0 amide bonds. The maximum atomic E-state index is 6.15. The fraction of sp³-hybridized carbons (Fsp3) is 0.538. The van der Waals surface area contributed by atoms with Gasteiger partial charge in [0.25, 0.3) is 0 Å². The summed E-state index contributed by atoms with van der Waals surface area (Å²) < 4.78 is 16.0. The number of nitrogens with two attached hydrogens (primary N) is 1. The van der Waals surface area contributed by atoms with E-state index in [-0.39, 0.29) is 25.2 Å². The smallest absolute Gasteiger partial charge is 0.231 e. The van der Waals surface area contributed by atoms with Crippen molar-refractivity contribution in [2.24, 2.45) is 5.73 Å². The molecule has 102 valence electrons. The van der Waals surface area contributed by atoms with Crippen LogP contribution in [0.3, 0.4) is 0 Å². The zero-order valence-electron chi connectivity index (χ0n) is 10.8. The van der Waals surface area contributed by atoms with Gasteiger partial charge in [0, 0.05) is 6.04 Å². The van der Waals surface area contributed by atoms with Crippen molar-refractivity contribution >= 4 is 12.4 Å². The minimum Gasteiger partial charge on any atom is -0.493 e. The van der Waals surface area contributed by atoms with Crippen molar-refractivity contribution in [1.29, 1.82) is 0 Å². The average Bonchev–Trinajstić information content (AvgIpc) is 2.82. The highest BCUT2D eigenvalue weighted by Crippen LogP contribution is 2.43. The van der Waals surface area contributed by atoms with E-state index in [9.17, 15) is 0 Å². The van der Waals surface area contributed by atoms with E-state index < -0.39 is 0 Å². The van der Waals surface area contributed by atoms with Crippen molar-refractivity contribution in [2.75, 3.05) is 13.9 Å². The van der Waals surface area contributed by atoms with E-state index in [1.165, 1.54) is 0 Å². The van der Waals surface area contributed by atoms with Gasteiger partial charge in [0.2, 0.25) is 12.5 Å². The van der Waals surface area contributed by atoms with Gasteiger partial charge in [-0.05, 0) is 24.1 Å². The molecule has 2 N–H and O–H groups in total. The Balaban J connectivity index is 0.00000162. The van der Waals surface area contributed by atoms with Crippen LogP contribution in [0.1, 0.15) is 37.8 Å². The van der Waals surface area contributed by atoms with Crippen LogP contribution in [-0.2, 0) is 0 Å². The molecule has 2 rings (SSSR count). The number of benzene rings is 1. The molecule has 0 saturated carbocycles. The molecule has 1 aliphatic rings. The van der Waals surface area contributed by atoms with E-state index in [2.05, 4.69) is 6.92 Å². The van der Waals surface area contributed by atoms with Crippen LogP contribution in [0.2, 0.25) is 0 Å². The van der Waals surface area contributed by atoms with Crippen molar-refractivity contribution in [1.82, 2.24) is 0 Å². The third kappa shape index (κ3) is 3.00. The maximum Gasteiger partial charge on any atom is 0.231 e. The largest absolute Gasteiger partial charge is 0.493 e. The number of hydrogen-bond acceptors (Lipinski definition) is 4. The van der Waals surface area contributed by atoms with Crippen LogP contribution in [0.5, 0.6) is 17.2 Å². The fourth-order valence-corrected chi connectivity index (χ4v) is 1.95. The Morgan fingerprint density at radius 1 is 1.39 bits per heavy atom. The highest BCUT2D eigenvalue weighted by Gasteiger charge is 2.21. The van der Waals surface area contributed by atoms with Crippen LogP contribution in [0.25, 0.3) is 0 Å².